The van der Waals surface area contributed by atoms with E-state index in [1.807, 2.05) is 32.0 Å². The molecule has 1 aliphatic rings. The average molecular weight is 289 g/mol. The normalized spacial score (nSPS) is 20.2. The van der Waals surface area contributed by atoms with Crippen LogP contribution < -0.4 is 5.32 Å². The van der Waals surface area contributed by atoms with E-state index in [1.165, 1.54) is 0 Å². The fourth-order valence-corrected chi connectivity index (χ4v) is 2.41. The lowest BCUT2D eigenvalue weighted by molar-refractivity contribution is -0.148. The summed E-state index contributed by atoms with van der Waals surface area (Å²) in [6.45, 7) is 7.92. The molecular weight excluding hydrogens is 266 g/mol. The van der Waals surface area contributed by atoms with E-state index in [0.29, 0.717) is 11.8 Å². The van der Waals surface area contributed by atoms with E-state index in [9.17, 15) is 9.59 Å². The molecule has 0 bridgehead atoms. The summed E-state index contributed by atoms with van der Waals surface area (Å²) < 4.78 is 5.06. The van der Waals surface area contributed by atoms with E-state index in [2.05, 4.69) is 19.2 Å². The van der Waals surface area contributed by atoms with Gasteiger partial charge in [0.1, 0.15) is 0 Å². The van der Waals surface area contributed by atoms with Gasteiger partial charge in [0, 0.05) is 5.69 Å². The second-order valence-corrected chi connectivity index (χ2v) is 6.17. The molecule has 2 rings (SSSR count). The first-order valence-corrected chi connectivity index (χ1v) is 7.46. The van der Waals surface area contributed by atoms with Gasteiger partial charge in [-0.2, -0.15) is 0 Å². The lowest BCUT2D eigenvalue weighted by Gasteiger charge is -2.16. The number of ether oxygens (including phenoxy) is 1. The Labute approximate surface area is 125 Å². The van der Waals surface area contributed by atoms with Crippen molar-refractivity contribution in [1.82, 2.24) is 0 Å². The standard InChI is InChI=1S/C17H23NO3/c1-10(2)13-7-5-6-11(3)16(13)18-15(19)9-21-17(20)14-8-12(14)4/h5-7,10,12,14H,8-9H2,1-4H3,(H,18,19)/t12-,14-/m1/s1. The number of benzene rings is 1. The Morgan fingerprint density at radius 2 is 2.05 bits per heavy atom. The number of carbonyl (C=O) groups excluding carboxylic acids is 2. The van der Waals surface area contributed by atoms with Crippen molar-refractivity contribution >= 4 is 17.6 Å². The highest BCUT2D eigenvalue weighted by Gasteiger charge is 2.40. The van der Waals surface area contributed by atoms with Crippen LogP contribution in [-0.2, 0) is 14.3 Å². The number of rotatable bonds is 5. The minimum absolute atomic E-state index is 0.0116. The zero-order valence-corrected chi connectivity index (χ0v) is 13.1. The van der Waals surface area contributed by atoms with Crippen molar-refractivity contribution in [2.24, 2.45) is 11.8 Å². The summed E-state index contributed by atoms with van der Waals surface area (Å²) in [6, 6.07) is 5.94. The lowest BCUT2D eigenvalue weighted by atomic mass is 9.98. The fraction of sp³-hybridized carbons (Fsp3) is 0.529. The smallest absolute Gasteiger partial charge is 0.309 e. The van der Waals surface area contributed by atoms with Crippen molar-refractivity contribution < 1.29 is 14.3 Å². The number of nitrogens with one attached hydrogen (secondary N) is 1. The Morgan fingerprint density at radius 3 is 2.62 bits per heavy atom. The lowest BCUT2D eigenvalue weighted by Crippen LogP contribution is -2.23. The van der Waals surface area contributed by atoms with Crippen molar-refractivity contribution in [3.63, 3.8) is 0 Å². The van der Waals surface area contributed by atoms with Gasteiger partial charge in [-0.05, 0) is 36.3 Å². The predicted molar refractivity (Wildman–Crippen MR) is 82.1 cm³/mol. The molecule has 1 aliphatic carbocycles. The number of para-hydroxylation sites is 1. The van der Waals surface area contributed by atoms with Gasteiger partial charge in [0.2, 0.25) is 0 Å². The van der Waals surface area contributed by atoms with E-state index in [1.54, 1.807) is 0 Å². The second kappa shape index (κ2) is 6.29. The molecule has 0 aromatic heterocycles. The molecule has 0 heterocycles. The highest BCUT2D eigenvalue weighted by molar-refractivity contribution is 5.94. The minimum atomic E-state index is -0.284. The summed E-state index contributed by atoms with van der Waals surface area (Å²) in [6.07, 6.45) is 0.871. The van der Waals surface area contributed by atoms with Gasteiger partial charge < -0.3 is 10.1 Å². The number of hydrogen-bond donors (Lipinski definition) is 1. The number of amides is 1. The van der Waals surface area contributed by atoms with E-state index < -0.39 is 0 Å². The van der Waals surface area contributed by atoms with Crippen LogP contribution >= 0.6 is 0 Å². The third-order valence-electron chi connectivity index (χ3n) is 3.95. The Hall–Kier alpha value is -1.84. The summed E-state index contributed by atoms with van der Waals surface area (Å²) in [5.74, 6) is 0.154. The molecule has 1 aromatic carbocycles. The first-order valence-electron chi connectivity index (χ1n) is 7.46. The van der Waals surface area contributed by atoms with Crippen LogP contribution in [0.5, 0.6) is 0 Å². The molecule has 1 N–H and O–H groups in total. The number of carbonyl (C=O) groups is 2. The van der Waals surface area contributed by atoms with Crippen molar-refractivity contribution in [1.29, 1.82) is 0 Å². The molecule has 0 saturated heterocycles. The number of hydrogen-bond acceptors (Lipinski definition) is 3. The minimum Gasteiger partial charge on any atom is -0.455 e. The van der Waals surface area contributed by atoms with E-state index in [4.69, 9.17) is 4.74 Å². The Balaban J connectivity index is 1.95. The van der Waals surface area contributed by atoms with E-state index >= 15 is 0 Å². The molecule has 0 radical (unpaired) electrons. The van der Waals surface area contributed by atoms with Gasteiger partial charge in [-0.25, -0.2) is 0 Å². The third kappa shape index (κ3) is 3.84. The van der Waals surface area contributed by atoms with Gasteiger partial charge in [-0.15, -0.1) is 0 Å². The summed E-state index contributed by atoms with van der Waals surface area (Å²) >= 11 is 0. The molecule has 1 amide bonds. The van der Waals surface area contributed by atoms with Crippen LogP contribution in [0.1, 0.15) is 44.2 Å². The summed E-state index contributed by atoms with van der Waals surface area (Å²) in [5, 5.41) is 2.87. The number of anilines is 1. The number of esters is 1. The van der Waals surface area contributed by atoms with Gasteiger partial charge in [0.05, 0.1) is 5.92 Å². The molecule has 0 unspecified atom stereocenters. The molecule has 0 spiro atoms. The van der Waals surface area contributed by atoms with Crippen LogP contribution in [0.15, 0.2) is 18.2 Å². The van der Waals surface area contributed by atoms with Crippen molar-refractivity contribution in [3.8, 4) is 0 Å². The molecule has 0 aliphatic heterocycles. The van der Waals surface area contributed by atoms with Crippen LogP contribution in [0.3, 0.4) is 0 Å². The maximum Gasteiger partial charge on any atom is 0.309 e. The monoisotopic (exact) mass is 289 g/mol. The van der Waals surface area contributed by atoms with Gasteiger partial charge in [-0.3, -0.25) is 9.59 Å². The molecule has 4 heteroatoms. The molecule has 114 valence electrons. The van der Waals surface area contributed by atoms with Gasteiger partial charge >= 0.3 is 5.97 Å². The Morgan fingerprint density at radius 1 is 1.38 bits per heavy atom. The van der Waals surface area contributed by atoms with Crippen LogP contribution in [-0.4, -0.2) is 18.5 Å². The highest BCUT2D eigenvalue weighted by atomic mass is 16.5. The molecular formula is C17H23NO3. The fourth-order valence-electron chi connectivity index (χ4n) is 2.41. The quantitative estimate of drug-likeness (QED) is 0.846. The first-order chi connectivity index (χ1) is 9.90. The SMILES string of the molecule is Cc1cccc(C(C)C)c1NC(=O)COC(=O)[C@@H]1C[C@H]1C. The van der Waals surface area contributed by atoms with Crippen molar-refractivity contribution in [3.05, 3.63) is 29.3 Å². The maximum atomic E-state index is 12.0. The average Bonchev–Trinajstić information content (AvgIpc) is 3.15. The van der Waals surface area contributed by atoms with Gasteiger partial charge in [0.25, 0.3) is 5.91 Å². The highest BCUT2D eigenvalue weighted by Crippen LogP contribution is 2.38. The van der Waals surface area contributed by atoms with Crippen LogP contribution in [0.2, 0.25) is 0 Å². The Kier molecular flexibility index (Phi) is 4.66. The predicted octanol–water partition coefficient (Wildman–Crippen LogP) is 3.26. The zero-order valence-electron chi connectivity index (χ0n) is 13.1. The second-order valence-electron chi connectivity index (χ2n) is 6.17. The summed E-state index contributed by atoms with van der Waals surface area (Å²) in [7, 11) is 0. The maximum absolute atomic E-state index is 12.0. The molecule has 2 atom stereocenters. The van der Waals surface area contributed by atoms with Crippen LogP contribution in [0, 0.1) is 18.8 Å². The van der Waals surface area contributed by atoms with E-state index in [-0.39, 0.29) is 24.4 Å². The summed E-state index contributed by atoms with van der Waals surface area (Å²) in [5.41, 5.74) is 2.93. The molecule has 4 nitrogen and oxygen atoms in total. The van der Waals surface area contributed by atoms with Crippen molar-refractivity contribution in [2.45, 2.75) is 40.0 Å². The van der Waals surface area contributed by atoms with Gasteiger partial charge in [0.15, 0.2) is 6.61 Å². The van der Waals surface area contributed by atoms with Gasteiger partial charge in [-0.1, -0.05) is 39.0 Å². The number of aryl methyl sites for hydroxylation is 1. The third-order valence-corrected chi connectivity index (χ3v) is 3.95. The largest absolute Gasteiger partial charge is 0.455 e. The van der Waals surface area contributed by atoms with Crippen LogP contribution in [0.4, 0.5) is 5.69 Å². The van der Waals surface area contributed by atoms with Crippen molar-refractivity contribution in [2.75, 3.05) is 11.9 Å². The molecule has 1 aromatic rings. The topological polar surface area (TPSA) is 55.4 Å². The van der Waals surface area contributed by atoms with E-state index in [0.717, 1.165) is 23.2 Å². The zero-order chi connectivity index (χ0) is 15.6. The Bertz CT molecular complexity index is 551. The molecule has 21 heavy (non-hydrogen) atoms. The molecule has 1 fully saturated rings. The first kappa shape index (κ1) is 15.5. The summed E-state index contributed by atoms with van der Waals surface area (Å²) in [4.78, 5) is 23.6. The van der Waals surface area contributed by atoms with Crippen LogP contribution in [0.25, 0.3) is 0 Å². The molecule has 1 saturated carbocycles.